The van der Waals surface area contributed by atoms with Crippen LogP contribution in [0.15, 0.2) is 18.2 Å². The van der Waals surface area contributed by atoms with E-state index >= 15 is 0 Å². The summed E-state index contributed by atoms with van der Waals surface area (Å²) in [6, 6.07) is 4.67. The molecule has 1 aliphatic heterocycles. The first-order chi connectivity index (χ1) is 11.2. The van der Waals surface area contributed by atoms with Crippen LogP contribution in [0.5, 0.6) is 0 Å². The zero-order valence-corrected chi connectivity index (χ0v) is 14.3. The van der Waals surface area contributed by atoms with Crippen molar-refractivity contribution >= 4 is 12.1 Å². The van der Waals surface area contributed by atoms with Gasteiger partial charge in [-0.25, -0.2) is 9.18 Å². The van der Waals surface area contributed by atoms with Crippen molar-refractivity contribution in [3.63, 3.8) is 0 Å². The number of carbonyl (C=O) groups excluding carboxylic acids is 1. The van der Waals surface area contributed by atoms with Gasteiger partial charge in [-0.2, -0.15) is 0 Å². The molecular formula is C18H24FNO4. The fourth-order valence-electron chi connectivity index (χ4n) is 2.87. The van der Waals surface area contributed by atoms with E-state index in [0.29, 0.717) is 13.1 Å². The van der Waals surface area contributed by atoms with Gasteiger partial charge >= 0.3 is 12.1 Å². The van der Waals surface area contributed by atoms with Crippen molar-refractivity contribution in [2.75, 3.05) is 13.1 Å². The highest BCUT2D eigenvalue weighted by Crippen LogP contribution is 2.30. The second kappa shape index (κ2) is 7.20. The van der Waals surface area contributed by atoms with Gasteiger partial charge < -0.3 is 14.7 Å². The summed E-state index contributed by atoms with van der Waals surface area (Å²) in [6.07, 6.45) is 0.859. The fraction of sp³-hybridized carbons (Fsp3) is 0.556. The normalized spacial score (nSPS) is 16.1. The van der Waals surface area contributed by atoms with Crippen LogP contribution in [0.4, 0.5) is 9.18 Å². The van der Waals surface area contributed by atoms with E-state index in [9.17, 15) is 14.0 Å². The number of carbonyl (C=O) groups is 2. The number of hydrogen-bond donors (Lipinski definition) is 1. The Labute approximate surface area is 141 Å². The number of halogens is 1. The number of ether oxygens (including phenoxy) is 1. The summed E-state index contributed by atoms with van der Waals surface area (Å²) in [5.74, 6) is -1.35. The molecule has 0 atom stereocenters. The molecule has 0 aliphatic carbocycles. The molecular weight excluding hydrogens is 313 g/mol. The van der Waals surface area contributed by atoms with Crippen LogP contribution in [0.2, 0.25) is 0 Å². The third-order valence-electron chi connectivity index (χ3n) is 4.03. The number of aliphatic carboxylic acids is 1. The lowest BCUT2D eigenvalue weighted by Gasteiger charge is -2.33. The molecule has 1 aliphatic rings. The van der Waals surface area contributed by atoms with Crippen molar-refractivity contribution < 1.29 is 23.8 Å². The molecule has 0 spiro atoms. The van der Waals surface area contributed by atoms with Crippen LogP contribution in [-0.2, 0) is 16.0 Å². The number of amides is 1. The van der Waals surface area contributed by atoms with Crippen molar-refractivity contribution in [1.29, 1.82) is 0 Å². The molecule has 2 rings (SSSR count). The fourth-order valence-corrected chi connectivity index (χ4v) is 2.87. The number of rotatable bonds is 3. The molecule has 1 saturated heterocycles. The van der Waals surface area contributed by atoms with Gasteiger partial charge in [0.15, 0.2) is 0 Å². The van der Waals surface area contributed by atoms with E-state index in [2.05, 4.69) is 0 Å². The Bertz CT molecular complexity index is 616. The predicted octanol–water partition coefficient (Wildman–Crippen LogP) is 3.57. The molecule has 24 heavy (non-hydrogen) atoms. The second-order valence-corrected chi connectivity index (χ2v) is 7.16. The van der Waals surface area contributed by atoms with E-state index in [1.807, 2.05) is 20.8 Å². The summed E-state index contributed by atoms with van der Waals surface area (Å²) >= 11 is 0. The molecule has 6 heteroatoms. The Hall–Kier alpha value is -2.11. The Morgan fingerprint density at radius 3 is 2.46 bits per heavy atom. The SMILES string of the molecule is CC(C)(C)OC(=O)N1CCC(c2ccc(F)c(CC(=O)O)c2)CC1. The Balaban J connectivity index is 1.99. The van der Waals surface area contributed by atoms with Crippen LogP contribution in [0.3, 0.4) is 0 Å². The van der Waals surface area contributed by atoms with E-state index in [-0.39, 0.29) is 24.0 Å². The third kappa shape index (κ3) is 4.94. The maximum Gasteiger partial charge on any atom is 0.410 e. The number of hydrogen-bond acceptors (Lipinski definition) is 3. The lowest BCUT2D eigenvalue weighted by Crippen LogP contribution is -2.41. The van der Waals surface area contributed by atoms with E-state index < -0.39 is 17.4 Å². The summed E-state index contributed by atoms with van der Waals surface area (Å²) < 4.78 is 19.1. The Morgan fingerprint density at radius 1 is 1.29 bits per heavy atom. The van der Waals surface area contributed by atoms with Crippen molar-refractivity contribution in [1.82, 2.24) is 4.90 Å². The first kappa shape index (κ1) is 18.2. The maximum absolute atomic E-state index is 13.7. The third-order valence-corrected chi connectivity index (χ3v) is 4.03. The molecule has 1 heterocycles. The van der Waals surface area contributed by atoms with Crippen molar-refractivity contribution in [3.05, 3.63) is 35.1 Å². The molecule has 0 bridgehead atoms. The second-order valence-electron chi connectivity index (χ2n) is 7.16. The van der Waals surface area contributed by atoms with Gasteiger partial charge in [0.05, 0.1) is 6.42 Å². The summed E-state index contributed by atoms with van der Waals surface area (Å²) in [5.41, 5.74) is 0.613. The van der Waals surface area contributed by atoms with Crippen LogP contribution in [0, 0.1) is 5.82 Å². The van der Waals surface area contributed by atoms with Gasteiger partial charge in [0.1, 0.15) is 11.4 Å². The number of carboxylic acids is 1. The summed E-state index contributed by atoms with van der Waals surface area (Å²) in [4.78, 5) is 24.6. The smallest absolute Gasteiger partial charge is 0.410 e. The van der Waals surface area contributed by atoms with Gasteiger partial charge in [-0.05, 0) is 56.7 Å². The molecule has 0 saturated carbocycles. The van der Waals surface area contributed by atoms with Crippen LogP contribution in [-0.4, -0.2) is 40.8 Å². The zero-order valence-electron chi connectivity index (χ0n) is 14.3. The van der Waals surface area contributed by atoms with Gasteiger partial charge in [-0.1, -0.05) is 12.1 Å². The molecule has 1 N–H and O–H groups in total. The van der Waals surface area contributed by atoms with Gasteiger partial charge in [0.25, 0.3) is 0 Å². The minimum absolute atomic E-state index is 0.192. The minimum atomic E-state index is -1.05. The molecule has 0 radical (unpaired) electrons. The lowest BCUT2D eigenvalue weighted by atomic mass is 9.88. The van der Waals surface area contributed by atoms with Crippen LogP contribution in [0.25, 0.3) is 0 Å². The number of likely N-dealkylation sites (tertiary alicyclic amines) is 1. The topological polar surface area (TPSA) is 66.8 Å². The number of carboxylic acid groups (broad SMARTS) is 1. The van der Waals surface area contributed by atoms with Crippen LogP contribution >= 0.6 is 0 Å². The number of piperidine rings is 1. The van der Waals surface area contributed by atoms with Gasteiger partial charge in [-0.15, -0.1) is 0 Å². The van der Waals surface area contributed by atoms with E-state index in [4.69, 9.17) is 9.84 Å². The molecule has 0 unspecified atom stereocenters. The average molecular weight is 337 g/mol. The molecule has 132 valence electrons. The molecule has 1 aromatic rings. The highest BCUT2D eigenvalue weighted by Gasteiger charge is 2.27. The first-order valence-electron chi connectivity index (χ1n) is 8.14. The van der Waals surface area contributed by atoms with Gasteiger partial charge in [-0.3, -0.25) is 4.79 Å². The summed E-state index contributed by atoms with van der Waals surface area (Å²) in [6.45, 7) is 6.65. The van der Waals surface area contributed by atoms with Gasteiger partial charge in [0.2, 0.25) is 0 Å². The lowest BCUT2D eigenvalue weighted by molar-refractivity contribution is -0.136. The monoisotopic (exact) mass is 337 g/mol. The van der Waals surface area contributed by atoms with Gasteiger partial charge in [0, 0.05) is 13.1 Å². The highest BCUT2D eigenvalue weighted by molar-refractivity contribution is 5.70. The standard InChI is InChI=1S/C18H24FNO4/c1-18(2,3)24-17(23)20-8-6-12(7-9-20)13-4-5-15(19)14(10-13)11-16(21)22/h4-5,10,12H,6-9,11H2,1-3H3,(H,21,22). The maximum atomic E-state index is 13.7. The molecule has 1 aromatic carbocycles. The Morgan fingerprint density at radius 2 is 1.92 bits per heavy atom. The summed E-state index contributed by atoms with van der Waals surface area (Å²) in [7, 11) is 0. The van der Waals surface area contributed by atoms with Crippen LogP contribution in [0.1, 0.15) is 50.7 Å². The van der Waals surface area contributed by atoms with Crippen molar-refractivity contribution in [2.24, 2.45) is 0 Å². The highest BCUT2D eigenvalue weighted by atomic mass is 19.1. The first-order valence-corrected chi connectivity index (χ1v) is 8.14. The largest absolute Gasteiger partial charge is 0.481 e. The molecule has 5 nitrogen and oxygen atoms in total. The van der Waals surface area contributed by atoms with Crippen molar-refractivity contribution in [3.8, 4) is 0 Å². The van der Waals surface area contributed by atoms with E-state index in [1.54, 1.807) is 17.0 Å². The van der Waals surface area contributed by atoms with E-state index in [0.717, 1.165) is 18.4 Å². The number of nitrogens with zero attached hydrogens (tertiary/aromatic N) is 1. The predicted molar refractivity (Wildman–Crippen MR) is 87.5 cm³/mol. The minimum Gasteiger partial charge on any atom is -0.481 e. The molecule has 0 aromatic heterocycles. The van der Waals surface area contributed by atoms with E-state index in [1.165, 1.54) is 6.07 Å². The molecule has 1 amide bonds. The zero-order chi connectivity index (χ0) is 17.9. The van der Waals surface area contributed by atoms with Crippen molar-refractivity contribution in [2.45, 2.75) is 51.6 Å². The molecule has 1 fully saturated rings. The number of benzene rings is 1. The quantitative estimate of drug-likeness (QED) is 0.916. The summed E-state index contributed by atoms with van der Waals surface area (Å²) in [5, 5.41) is 8.86. The average Bonchev–Trinajstić information content (AvgIpc) is 2.47. The Kier molecular flexibility index (Phi) is 5.47. The van der Waals surface area contributed by atoms with Crippen LogP contribution < -0.4 is 0 Å².